The van der Waals surface area contributed by atoms with Crippen molar-refractivity contribution in [3.63, 3.8) is 0 Å². The molecule has 0 fully saturated rings. The topological polar surface area (TPSA) is 127 Å². The van der Waals surface area contributed by atoms with E-state index in [9.17, 15) is 18.3 Å². The number of hydrogen-bond donors (Lipinski definition) is 3. The summed E-state index contributed by atoms with van der Waals surface area (Å²) in [4.78, 5) is 11.0. The van der Waals surface area contributed by atoms with Gasteiger partial charge in [-0.2, -0.15) is 5.10 Å². The van der Waals surface area contributed by atoms with Crippen molar-refractivity contribution in [2.24, 2.45) is 5.14 Å². The highest BCUT2D eigenvalue weighted by Gasteiger charge is 2.16. The van der Waals surface area contributed by atoms with Crippen LogP contribution in [0.3, 0.4) is 0 Å². The Kier molecular flexibility index (Phi) is 3.96. The van der Waals surface area contributed by atoms with Gasteiger partial charge < -0.3 is 10.4 Å². The number of carboxylic acids is 1. The quantitative estimate of drug-likeness (QED) is 0.755. The lowest BCUT2D eigenvalue weighted by Gasteiger charge is -2.09. The summed E-state index contributed by atoms with van der Waals surface area (Å²) in [7, 11) is -3.96. The highest BCUT2D eigenvalue weighted by atomic mass is 32.2. The molecule has 2 rings (SSSR count). The summed E-state index contributed by atoms with van der Waals surface area (Å²) < 4.78 is 24.2. The van der Waals surface area contributed by atoms with E-state index >= 15 is 0 Å². The molecule has 1 aromatic carbocycles. The van der Waals surface area contributed by atoms with Crippen LogP contribution in [0.5, 0.6) is 0 Å². The Labute approximate surface area is 121 Å². The van der Waals surface area contributed by atoms with Crippen molar-refractivity contribution in [2.45, 2.75) is 18.4 Å². The molecular weight excluding hydrogens is 296 g/mol. The van der Waals surface area contributed by atoms with Crippen LogP contribution < -0.4 is 10.5 Å². The van der Waals surface area contributed by atoms with Crippen molar-refractivity contribution in [3.8, 4) is 0 Å². The van der Waals surface area contributed by atoms with Crippen LogP contribution in [-0.2, 0) is 16.6 Å². The van der Waals surface area contributed by atoms with Crippen molar-refractivity contribution in [1.82, 2.24) is 9.78 Å². The normalized spacial score (nSPS) is 11.3. The van der Waals surface area contributed by atoms with Gasteiger partial charge in [0.05, 0.1) is 28.0 Å². The second kappa shape index (κ2) is 5.54. The minimum Gasteiger partial charge on any atom is -0.478 e. The third kappa shape index (κ3) is 3.38. The van der Waals surface area contributed by atoms with Crippen molar-refractivity contribution in [3.05, 3.63) is 36.2 Å². The number of benzene rings is 1. The van der Waals surface area contributed by atoms with Gasteiger partial charge in [-0.1, -0.05) is 0 Å². The van der Waals surface area contributed by atoms with Gasteiger partial charge in [0, 0.05) is 12.7 Å². The first-order valence-electron chi connectivity index (χ1n) is 6.01. The monoisotopic (exact) mass is 310 g/mol. The van der Waals surface area contributed by atoms with E-state index in [4.69, 9.17) is 5.14 Å². The molecule has 0 radical (unpaired) electrons. The molecule has 21 heavy (non-hydrogen) atoms. The van der Waals surface area contributed by atoms with E-state index in [-0.39, 0.29) is 16.1 Å². The van der Waals surface area contributed by atoms with E-state index < -0.39 is 16.0 Å². The molecule has 0 unspecified atom stereocenters. The molecule has 0 aliphatic rings. The highest BCUT2D eigenvalue weighted by molar-refractivity contribution is 7.89. The van der Waals surface area contributed by atoms with Crippen LogP contribution >= 0.6 is 0 Å². The largest absolute Gasteiger partial charge is 0.478 e. The fraction of sp³-hybridized carbons (Fsp3) is 0.167. The molecule has 0 amide bonds. The second-order valence-corrected chi connectivity index (χ2v) is 5.83. The fourth-order valence-electron chi connectivity index (χ4n) is 1.74. The Morgan fingerprint density at radius 2 is 2.19 bits per heavy atom. The molecule has 2 aromatic rings. The average molecular weight is 310 g/mol. The van der Waals surface area contributed by atoms with Crippen molar-refractivity contribution in [1.29, 1.82) is 0 Å². The van der Waals surface area contributed by atoms with Crippen LogP contribution in [0.15, 0.2) is 35.5 Å². The van der Waals surface area contributed by atoms with Crippen molar-refractivity contribution >= 4 is 27.4 Å². The van der Waals surface area contributed by atoms with Crippen LogP contribution in [0.1, 0.15) is 17.3 Å². The summed E-state index contributed by atoms with van der Waals surface area (Å²) in [5, 5.41) is 21.1. The standard InChI is InChI=1S/C12H14N4O4S/c1-2-16-7-8(6-14-16)15-11-4-3-9(21(13,19)20)5-10(11)12(17)18/h3-7,15H,2H2,1H3,(H,17,18)(H2,13,19,20). The minimum absolute atomic E-state index is 0.189. The molecule has 0 saturated carbocycles. The Balaban J connectivity index is 2.41. The third-order valence-corrected chi connectivity index (χ3v) is 3.70. The smallest absolute Gasteiger partial charge is 0.337 e. The molecule has 0 saturated heterocycles. The van der Waals surface area contributed by atoms with Crippen LogP contribution in [0.4, 0.5) is 11.4 Å². The van der Waals surface area contributed by atoms with Gasteiger partial charge in [-0.15, -0.1) is 0 Å². The number of hydrogen-bond acceptors (Lipinski definition) is 5. The SMILES string of the molecule is CCn1cc(Nc2ccc(S(N)(=O)=O)cc2C(=O)O)cn1. The molecule has 0 aliphatic carbocycles. The number of nitrogens with one attached hydrogen (secondary N) is 1. The lowest BCUT2D eigenvalue weighted by molar-refractivity contribution is 0.0697. The Bertz CT molecular complexity index is 782. The average Bonchev–Trinajstić information content (AvgIpc) is 2.85. The van der Waals surface area contributed by atoms with Crippen LogP contribution in [0.2, 0.25) is 0 Å². The van der Waals surface area contributed by atoms with Gasteiger partial charge in [-0.3, -0.25) is 4.68 Å². The number of primary sulfonamides is 1. The maximum Gasteiger partial charge on any atom is 0.337 e. The van der Waals surface area contributed by atoms with Crippen molar-refractivity contribution in [2.75, 3.05) is 5.32 Å². The van der Waals surface area contributed by atoms with Gasteiger partial charge in [0.15, 0.2) is 0 Å². The number of rotatable bonds is 5. The zero-order chi connectivity index (χ0) is 15.6. The number of aromatic carboxylic acids is 1. The molecule has 0 spiro atoms. The first kappa shape index (κ1) is 15.0. The molecule has 1 heterocycles. The number of aromatic nitrogens is 2. The zero-order valence-corrected chi connectivity index (χ0v) is 12.0. The molecule has 0 bridgehead atoms. The Morgan fingerprint density at radius 1 is 1.48 bits per heavy atom. The predicted molar refractivity (Wildman–Crippen MR) is 76.0 cm³/mol. The molecule has 8 nitrogen and oxygen atoms in total. The first-order valence-corrected chi connectivity index (χ1v) is 7.55. The molecule has 1 aromatic heterocycles. The number of nitrogens with zero attached hydrogens (tertiary/aromatic N) is 2. The van der Waals surface area contributed by atoms with Gasteiger partial charge in [0.2, 0.25) is 10.0 Å². The van der Waals surface area contributed by atoms with Gasteiger partial charge in [0.25, 0.3) is 0 Å². The van der Waals surface area contributed by atoms with E-state index in [0.717, 1.165) is 6.07 Å². The van der Waals surface area contributed by atoms with Crippen LogP contribution in [0, 0.1) is 0 Å². The summed E-state index contributed by atoms with van der Waals surface area (Å²) >= 11 is 0. The second-order valence-electron chi connectivity index (χ2n) is 4.27. The maximum absolute atomic E-state index is 11.3. The molecule has 112 valence electrons. The van der Waals surface area contributed by atoms with Gasteiger partial charge in [-0.05, 0) is 25.1 Å². The van der Waals surface area contributed by atoms with E-state index in [0.29, 0.717) is 12.2 Å². The zero-order valence-electron chi connectivity index (χ0n) is 11.1. The van der Waals surface area contributed by atoms with E-state index in [1.165, 1.54) is 12.1 Å². The summed E-state index contributed by atoms with van der Waals surface area (Å²) in [5.41, 5.74) is 0.666. The summed E-state index contributed by atoms with van der Waals surface area (Å²) in [6.07, 6.45) is 3.25. The summed E-state index contributed by atoms with van der Waals surface area (Å²) in [6.45, 7) is 2.60. The third-order valence-electron chi connectivity index (χ3n) is 2.79. The predicted octanol–water partition coefficient (Wildman–Crippen LogP) is 0.992. The van der Waals surface area contributed by atoms with Gasteiger partial charge >= 0.3 is 5.97 Å². The van der Waals surface area contributed by atoms with Crippen LogP contribution in [0.25, 0.3) is 0 Å². The molecule has 9 heteroatoms. The molecular formula is C12H14N4O4S. The summed E-state index contributed by atoms with van der Waals surface area (Å²) in [5.74, 6) is -1.26. The minimum atomic E-state index is -3.96. The number of aryl methyl sites for hydroxylation is 1. The number of nitrogens with two attached hydrogens (primary N) is 1. The molecule has 0 atom stereocenters. The lowest BCUT2D eigenvalue weighted by Crippen LogP contribution is -2.13. The molecule has 4 N–H and O–H groups in total. The number of carboxylic acid groups (broad SMARTS) is 1. The Morgan fingerprint density at radius 3 is 2.71 bits per heavy atom. The first-order chi connectivity index (χ1) is 9.81. The highest BCUT2D eigenvalue weighted by Crippen LogP contribution is 2.23. The van der Waals surface area contributed by atoms with E-state index in [2.05, 4.69) is 10.4 Å². The molecule has 0 aliphatic heterocycles. The van der Waals surface area contributed by atoms with Gasteiger partial charge in [0.1, 0.15) is 0 Å². The van der Waals surface area contributed by atoms with Crippen molar-refractivity contribution < 1.29 is 18.3 Å². The van der Waals surface area contributed by atoms with E-state index in [1.54, 1.807) is 17.1 Å². The summed E-state index contributed by atoms with van der Waals surface area (Å²) in [6, 6.07) is 3.62. The van der Waals surface area contributed by atoms with Gasteiger partial charge in [-0.25, -0.2) is 18.4 Å². The van der Waals surface area contributed by atoms with Crippen LogP contribution in [-0.4, -0.2) is 29.3 Å². The lowest BCUT2D eigenvalue weighted by atomic mass is 10.2. The number of sulfonamides is 1. The maximum atomic E-state index is 11.3. The number of anilines is 2. The Hall–Kier alpha value is -2.39. The number of carbonyl (C=O) groups is 1. The van der Waals surface area contributed by atoms with E-state index in [1.807, 2.05) is 6.92 Å². The fourth-order valence-corrected chi connectivity index (χ4v) is 2.28.